The monoisotopic (exact) mass is 208 g/mol. The van der Waals surface area contributed by atoms with E-state index in [-0.39, 0.29) is 0 Å². The first-order valence-electron chi connectivity index (χ1n) is 4.74. The number of hydrogen-bond acceptors (Lipinski definition) is 1. The van der Waals surface area contributed by atoms with E-state index in [1.54, 1.807) is 0 Å². The Morgan fingerprint density at radius 2 is 2.14 bits per heavy atom. The van der Waals surface area contributed by atoms with Crippen LogP contribution in [0.15, 0.2) is 24.3 Å². The molecule has 0 saturated heterocycles. The molecule has 0 unspecified atom stereocenters. The Hall–Kier alpha value is -0.990. The van der Waals surface area contributed by atoms with Gasteiger partial charge in [0.05, 0.1) is 0 Å². The lowest BCUT2D eigenvalue weighted by molar-refractivity contribution is 0.739. The van der Waals surface area contributed by atoms with Gasteiger partial charge in [0, 0.05) is 34.7 Å². The molecule has 3 heteroatoms. The average Bonchev–Trinajstić information content (AvgIpc) is 2.54. The van der Waals surface area contributed by atoms with E-state index in [0.717, 1.165) is 17.3 Å². The van der Waals surface area contributed by atoms with Crippen molar-refractivity contribution in [2.24, 2.45) is 5.73 Å². The van der Waals surface area contributed by atoms with Gasteiger partial charge in [-0.05, 0) is 25.1 Å². The van der Waals surface area contributed by atoms with Crippen molar-refractivity contribution in [3.8, 4) is 0 Å². The van der Waals surface area contributed by atoms with Crippen LogP contribution in [0.2, 0.25) is 5.02 Å². The Morgan fingerprint density at radius 3 is 2.79 bits per heavy atom. The Balaban J connectivity index is 2.74. The maximum Gasteiger partial charge on any atom is 0.0497 e. The minimum absolute atomic E-state index is 0.570. The molecule has 2 nitrogen and oxygen atoms in total. The van der Waals surface area contributed by atoms with Gasteiger partial charge in [-0.25, -0.2) is 0 Å². The zero-order valence-electron chi connectivity index (χ0n) is 8.13. The predicted octanol–water partition coefficient (Wildman–Crippen LogP) is 2.77. The van der Waals surface area contributed by atoms with Gasteiger partial charge >= 0.3 is 0 Å². The second-order valence-corrected chi connectivity index (χ2v) is 3.72. The highest BCUT2D eigenvalue weighted by Crippen LogP contribution is 2.23. The first-order valence-corrected chi connectivity index (χ1v) is 5.11. The number of aromatic nitrogens is 1. The highest BCUT2D eigenvalue weighted by molar-refractivity contribution is 6.31. The van der Waals surface area contributed by atoms with Crippen LogP contribution in [0.4, 0.5) is 0 Å². The first-order chi connectivity index (χ1) is 6.76. The molecule has 0 aliphatic rings. The van der Waals surface area contributed by atoms with Crippen LogP contribution in [0.3, 0.4) is 0 Å². The fraction of sp³-hybridized carbons (Fsp3) is 0.273. The standard InChI is InChI=1S/C11H13ClN2/c1-2-14-10(7-13)5-8-3-4-9(12)6-11(8)14/h3-6H,2,7,13H2,1H3. The van der Waals surface area contributed by atoms with Gasteiger partial charge in [0.1, 0.15) is 0 Å². The average molecular weight is 209 g/mol. The van der Waals surface area contributed by atoms with Gasteiger partial charge in [0.15, 0.2) is 0 Å². The van der Waals surface area contributed by atoms with E-state index in [1.807, 2.05) is 18.2 Å². The van der Waals surface area contributed by atoms with Crippen LogP contribution in [-0.2, 0) is 13.1 Å². The zero-order valence-corrected chi connectivity index (χ0v) is 8.88. The maximum atomic E-state index is 5.96. The zero-order chi connectivity index (χ0) is 10.1. The molecule has 2 N–H and O–H groups in total. The smallest absolute Gasteiger partial charge is 0.0497 e. The number of hydrogen-bond donors (Lipinski definition) is 1. The lowest BCUT2D eigenvalue weighted by Gasteiger charge is -2.05. The summed E-state index contributed by atoms with van der Waals surface area (Å²) in [4.78, 5) is 0. The van der Waals surface area contributed by atoms with Gasteiger partial charge in [0.2, 0.25) is 0 Å². The predicted molar refractivity (Wildman–Crippen MR) is 60.5 cm³/mol. The van der Waals surface area contributed by atoms with Crippen LogP contribution < -0.4 is 5.73 Å². The summed E-state index contributed by atoms with van der Waals surface area (Å²) in [5.41, 5.74) is 8.00. The molecule has 14 heavy (non-hydrogen) atoms. The number of aryl methyl sites for hydroxylation is 1. The van der Waals surface area contributed by atoms with Gasteiger partial charge in [-0.15, -0.1) is 0 Å². The summed E-state index contributed by atoms with van der Waals surface area (Å²) in [5.74, 6) is 0. The summed E-state index contributed by atoms with van der Waals surface area (Å²) in [7, 11) is 0. The number of halogens is 1. The minimum atomic E-state index is 0.570. The van der Waals surface area contributed by atoms with Crippen molar-refractivity contribution < 1.29 is 0 Å². The fourth-order valence-electron chi connectivity index (χ4n) is 1.83. The Labute approximate surface area is 88.3 Å². The third-order valence-electron chi connectivity index (χ3n) is 2.48. The number of benzene rings is 1. The third-order valence-corrected chi connectivity index (χ3v) is 2.71. The van der Waals surface area contributed by atoms with E-state index in [0.29, 0.717) is 6.54 Å². The van der Waals surface area contributed by atoms with Gasteiger partial charge in [-0.3, -0.25) is 0 Å². The molecule has 1 aromatic heterocycles. The summed E-state index contributed by atoms with van der Waals surface area (Å²) < 4.78 is 2.20. The van der Waals surface area contributed by atoms with Crippen molar-refractivity contribution in [3.63, 3.8) is 0 Å². The number of nitrogens with zero attached hydrogens (tertiary/aromatic N) is 1. The molecule has 0 spiro atoms. The molecule has 0 atom stereocenters. The molecule has 0 radical (unpaired) electrons. The lowest BCUT2D eigenvalue weighted by Crippen LogP contribution is -2.05. The Bertz CT molecular complexity index is 460. The van der Waals surface area contributed by atoms with Crippen LogP contribution in [0.1, 0.15) is 12.6 Å². The van der Waals surface area contributed by atoms with Crippen LogP contribution in [-0.4, -0.2) is 4.57 Å². The number of rotatable bonds is 2. The molecular weight excluding hydrogens is 196 g/mol. The molecule has 2 aromatic rings. The third kappa shape index (κ3) is 1.41. The van der Waals surface area contributed by atoms with Crippen LogP contribution >= 0.6 is 11.6 Å². The lowest BCUT2D eigenvalue weighted by atomic mass is 10.2. The van der Waals surface area contributed by atoms with Crippen molar-refractivity contribution in [2.75, 3.05) is 0 Å². The molecule has 0 aliphatic heterocycles. The Kier molecular flexibility index (Phi) is 2.48. The normalized spacial score (nSPS) is 11.1. The summed E-state index contributed by atoms with van der Waals surface area (Å²) in [6.45, 7) is 3.61. The van der Waals surface area contributed by atoms with Crippen molar-refractivity contribution in [1.29, 1.82) is 0 Å². The molecule has 0 bridgehead atoms. The molecular formula is C11H13ClN2. The molecule has 1 aromatic carbocycles. The van der Waals surface area contributed by atoms with E-state index in [9.17, 15) is 0 Å². The molecule has 0 saturated carbocycles. The van der Waals surface area contributed by atoms with Gasteiger partial charge < -0.3 is 10.3 Å². The second-order valence-electron chi connectivity index (χ2n) is 3.29. The van der Waals surface area contributed by atoms with Gasteiger partial charge in [-0.1, -0.05) is 17.7 Å². The summed E-state index contributed by atoms with van der Waals surface area (Å²) in [6, 6.07) is 8.04. The van der Waals surface area contributed by atoms with E-state index in [4.69, 9.17) is 17.3 Å². The van der Waals surface area contributed by atoms with E-state index in [1.165, 1.54) is 10.9 Å². The molecule has 1 heterocycles. The largest absolute Gasteiger partial charge is 0.344 e. The first kappa shape index (κ1) is 9.56. The highest BCUT2D eigenvalue weighted by atomic mass is 35.5. The molecule has 0 amide bonds. The van der Waals surface area contributed by atoms with Crippen LogP contribution in [0.25, 0.3) is 10.9 Å². The van der Waals surface area contributed by atoms with Crippen LogP contribution in [0, 0.1) is 0 Å². The number of nitrogens with two attached hydrogens (primary N) is 1. The van der Waals surface area contributed by atoms with E-state index < -0.39 is 0 Å². The van der Waals surface area contributed by atoms with Crippen LogP contribution in [0.5, 0.6) is 0 Å². The van der Waals surface area contributed by atoms with E-state index >= 15 is 0 Å². The van der Waals surface area contributed by atoms with Crippen molar-refractivity contribution in [1.82, 2.24) is 4.57 Å². The Morgan fingerprint density at radius 1 is 1.36 bits per heavy atom. The number of fused-ring (bicyclic) bond motifs is 1. The van der Waals surface area contributed by atoms with E-state index in [2.05, 4.69) is 17.6 Å². The molecule has 74 valence electrons. The minimum Gasteiger partial charge on any atom is -0.344 e. The van der Waals surface area contributed by atoms with Crippen molar-refractivity contribution in [2.45, 2.75) is 20.0 Å². The summed E-state index contributed by atoms with van der Waals surface area (Å²) in [5, 5.41) is 1.98. The maximum absolute atomic E-state index is 5.96. The van der Waals surface area contributed by atoms with Gasteiger partial charge in [-0.2, -0.15) is 0 Å². The molecule has 0 aliphatic carbocycles. The summed E-state index contributed by atoms with van der Waals surface area (Å²) in [6.07, 6.45) is 0. The second kappa shape index (κ2) is 3.64. The van der Waals surface area contributed by atoms with Crippen molar-refractivity contribution >= 4 is 22.5 Å². The fourth-order valence-corrected chi connectivity index (χ4v) is 1.99. The quantitative estimate of drug-likeness (QED) is 0.809. The highest BCUT2D eigenvalue weighted by Gasteiger charge is 2.05. The summed E-state index contributed by atoms with van der Waals surface area (Å²) >= 11 is 5.96. The SMILES string of the molecule is CCn1c(CN)cc2ccc(Cl)cc21. The van der Waals surface area contributed by atoms with Gasteiger partial charge in [0.25, 0.3) is 0 Å². The topological polar surface area (TPSA) is 30.9 Å². The van der Waals surface area contributed by atoms with Crippen molar-refractivity contribution in [3.05, 3.63) is 35.0 Å². The molecule has 2 rings (SSSR count). The molecule has 0 fully saturated rings.